The molecule has 0 aliphatic carbocycles. The average Bonchev–Trinajstić information content (AvgIpc) is 3.66. The van der Waals surface area contributed by atoms with Gasteiger partial charge >= 0.3 is 0 Å². The Kier molecular flexibility index (Phi) is 8.79. The Morgan fingerprint density at radius 3 is 2.19 bits per heavy atom. The van der Waals surface area contributed by atoms with Crippen molar-refractivity contribution in [3.8, 4) is 11.5 Å². The number of fused-ring (bicyclic) bond motifs is 2. The normalized spacial score (nSPS) is 16.2. The van der Waals surface area contributed by atoms with Gasteiger partial charge in [0.05, 0.1) is 60.7 Å². The SMILES string of the molecule is CCOc1ccc2nc(C3=CC=C(OCCOCCOC4=CNC(c5nc6ccc(OCC)cc6[nH]5)C=C4)CN3)[nH]c2c1. The summed E-state index contributed by atoms with van der Waals surface area (Å²) in [5, 5.41) is 6.69. The summed E-state index contributed by atoms with van der Waals surface area (Å²) in [6.07, 6.45) is 9.73. The Morgan fingerprint density at radius 1 is 0.791 bits per heavy atom. The Balaban J connectivity index is 0.882. The van der Waals surface area contributed by atoms with E-state index in [9.17, 15) is 0 Å². The molecule has 224 valence electrons. The van der Waals surface area contributed by atoms with E-state index in [-0.39, 0.29) is 6.04 Å². The first-order chi connectivity index (χ1) is 21.2. The highest BCUT2D eigenvalue weighted by Gasteiger charge is 2.16. The maximum absolute atomic E-state index is 5.85. The maximum atomic E-state index is 5.85. The lowest BCUT2D eigenvalue weighted by molar-refractivity contribution is 0.0454. The second kappa shape index (κ2) is 13.4. The third-order valence-corrected chi connectivity index (χ3v) is 6.86. The van der Waals surface area contributed by atoms with Gasteiger partial charge in [-0.3, -0.25) is 0 Å². The highest BCUT2D eigenvalue weighted by molar-refractivity contribution is 5.80. The molecule has 0 radical (unpaired) electrons. The van der Waals surface area contributed by atoms with Crippen molar-refractivity contribution in [3.63, 3.8) is 0 Å². The van der Waals surface area contributed by atoms with E-state index in [0.29, 0.717) is 46.2 Å². The van der Waals surface area contributed by atoms with Crippen LogP contribution in [0.2, 0.25) is 0 Å². The van der Waals surface area contributed by atoms with Crippen LogP contribution in [0, 0.1) is 0 Å². The van der Waals surface area contributed by atoms with Crippen molar-refractivity contribution >= 4 is 27.8 Å². The summed E-state index contributed by atoms with van der Waals surface area (Å²) < 4.78 is 28.5. The van der Waals surface area contributed by atoms with Crippen molar-refractivity contribution in [2.75, 3.05) is 46.2 Å². The third kappa shape index (κ3) is 6.95. The summed E-state index contributed by atoms with van der Waals surface area (Å²) in [5.41, 5.74) is 4.59. The summed E-state index contributed by atoms with van der Waals surface area (Å²) in [4.78, 5) is 16.1. The lowest BCUT2D eigenvalue weighted by Gasteiger charge is -2.18. The molecule has 11 heteroatoms. The smallest absolute Gasteiger partial charge is 0.154 e. The zero-order valence-corrected chi connectivity index (χ0v) is 24.3. The minimum atomic E-state index is -0.0641. The first-order valence-corrected chi connectivity index (χ1v) is 14.6. The molecule has 1 atom stereocenters. The van der Waals surface area contributed by atoms with E-state index in [2.05, 4.69) is 30.6 Å². The average molecular weight is 585 g/mol. The molecule has 4 N–H and O–H groups in total. The molecule has 0 fully saturated rings. The molecule has 43 heavy (non-hydrogen) atoms. The van der Waals surface area contributed by atoms with E-state index in [1.54, 1.807) is 0 Å². The van der Waals surface area contributed by atoms with Crippen LogP contribution < -0.4 is 20.1 Å². The van der Waals surface area contributed by atoms with Gasteiger partial charge in [-0.25, -0.2) is 9.97 Å². The van der Waals surface area contributed by atoms with Gasteiger partial charge in [-0.15, -0.1) is 0 Å². The number of ether oxygens (including phenoxy) is 5. The summed E-state index contributed by atoms with van der Waals surface area (Å²) in [6.45, 7) is 7.59. The van der Waals surface area contributed by atoms with Gasteiger partial charge in [0, 0.05) is 18.3 Å². The number of nitrogens with one attached hydrogen (secondary N) is 4. The minimum Gasteiger partial charge on any atom is -0.494 e. The van der Waals surface area contributed by atoms with Crippen molar-refractivity contribution in [1.29, 1.82) is 0 Å². The number of benzene rings is 2. The molecule has 6 rings (SSSR count). The molecule has 4 aromatic rings. The summed E-state index contributed by atoms with van der Waals surface area (Å²) >= 11 is 0. The van der Waals surface area contributed by atoms with Gasteiger partial charge in [-0.05, 0) is 56.3 Å². The minimum absolute atomic E-state index is 0.0641. The fourth-order valence-corrected chi connectivity index (χ4v) is 4.80. The largest absolute Gasteiger partial charge is 0.494 e. The van der Waals surface area contributed by atoms with E-state index in [0.717, 1.165) is 62.4 Å². The lowest BCUT2D eigenvalue weighted by Crippen LogP contribution is -2.21. The van der Waals surface area contributed by atoms with Crippen molar-refractivity contribution in [3.05, 3.63) is 90.1 Å². The zero-order chi connectivity index (χ0) is 29.4. The molecule has 11 nitrogen and oxygen atoms in total. The number of H-pyrrole nitrogens is 2. The van der Waals surface area contributed by atoms with E-state index in [1.807, 2.05) is 80.7 Å². The van der Waals surface area contributed by atoms with Crippen molar-refractivity contribution in [2.24, 2.45) is 0 Å². The number of allylic oxidation sites excluding steroid dienone is 3. The van der Waals surface area contributed by atoms with Gasteiger partial charge in [0.1, 0.15) is 48.1 Å². The van der Waals surface area contributed by atoms with Crippen molar-refractivity contribution in [1.82, 2.24) is 30.6 Å². The number of dihydropyridines is 2. The van der Waals surface area contributed by atoms with Gasteiger partial charge in [-0.2, -0.15) is 0 Å². The van der Waals surface area contributed by atoms with E-state index in [1.165, 1.54) is 0 Å². The van der Waals surface area contributed by atoms with Crippen LogP contribution in [0.15, 0.2) is 78.4 Å². The molecule has 1 unspecified atom stereocenters. The van der Waals surface area contributed by atoms with Gasteiger partial charge in [-0.1, -0.05) is 6.08 Å². The summed E-state index contributed by atoms with van der Waals surface area (Å²) in [5.74, 6) is 4.85. The molecule has 0 saturated carbocycles. The monoisotopic (exact) mass is 584 g/mol. The number of rotatable bonds is 14. The highest BCUT2D eigenvalue weighted by Crippen LogP contribution is 2.24. The number of nitrogens with zero attached hydrogens (tertiary/aromatic N) is 2. The second-order valence-corrected chi connectivity index (χ2v) is 9.86. The van der Waals surface area contributed by atoms with Crippen LogP contribution in [0.3, 0.4) is 0 Å². The molecule has 2 aliphatic rings. The van der Waals surface area contributed by atoms with Crippen LogP contribution >= 0.6 is 0 Å². The summed E-state index contributed by atoms with van der Waals surface area (Å²) in [7, 11) is 0. The Hall–Kier alpha value is -4.90. The zero-order valence-electron chi connectivity index (χ0n) is 24.3. The quantitative estimate of drug-likeness (QED) is 0.154. The van der Waals surface area contributed by atoms with Gasteiger partial charge < -0.3 is 44.3 Å². The van der Waals surface area contributed by atoms with Gasteiger partial charge in [0.25, 0.3) is 0 Å². The second-order valence-electron chi connectivity index (χ2n) is 9.86. The maximum Gasteiger partial charge on any atom is 0.154 e. The van der Waals surface area contributed by atoms with Crippen LogP contribution in [0.25, 0.3) is 27.8 Å². The van der Waals surface area contributed by atoms with Crippen LogP contribution in [0.4, 0.5) is 0 Å². The number of aromatic amines is 2. The Morgan fingerprint density at radius 2 is 1.51 bits per heavy atom. The van der Waals surface area contributed by atoms with E-state index < -0.39 is 0 Å². The van der Waals surface area contributed by atoms with Crippen LogP contribution in [-0.2, 0) is 14.2 Å². The van der Waals surface area contributed by atoms with Crippen molar-refractivity contribution in [2.45, 2.75) is 19.9 Å². The number of aromatic nitrogens is 4. The van der Waals surface area contributed by atoms with Crippen LogP contribution in [-0.4, -0.2) is 66.1 Å². The molecule has 0 saturated heterocycles. The fraction of sp³-hybridized carbons (Fsp3) is 0.312. The number of imidazole rings is 2. The third-order valence-electron chi connectivity index (χ3n) is 6.86. The predicted molar refractivity (Wildman–Crippen MR) is 164 cm³/mol. The molecule has 2 aromatic heterocycles. The molecule has 0 spiro atoms. The van der Waals surface area contributed by atoms with Gasteiger partial charge in [0.15, 0.2) is 5.82 Å². The first kappa shape index (κ1) is 28.2. The van der Waals surface area contributed by atoms with Crippen molar-refractivity contribution < 1.29 is 23.7 Å². The molecule has 2 aliphatic heterocycles. The summed E-state index contributed by atoms with van der Waals surface area (Å²) in [6, 6.07) is 11.6. The Labute approximate surface area is 249 Å². The molecule has 0 bridgehead atoms. The molecular formula is C32H36N6O5. The van der Waals surface area contributed by atoms with Gasteiger partial charge in [0.2, 0.25) is 0 Å². The fourth-order valence-electron chi connectivity index (χ4n) is 4.80. The molecule has 2 aromatic carbocycles. The molecule has 4 heterocycles. The predicted octanol–water partition coefficient (Wildman–Crippen LogP) is 4.86. The van der Waals surface area contributed by atoms with E-state index >= 15 is 0 Å². The Bertz CT molecular complexity index is 1680. The van der Waals surface area contributed by atoms with Crippen LogP contribution in [0.5, 0.6) is 11.5 Å². The topological polar surface area (TPSA) is 128 Å². The molecular weight excluding hydrogens is 548 g/mol. The van der Waals surface area contributed by atoms with Crippen LogP contribution in [0.1, 0.15) is 31.5 Å². The van der Waals surface area contributed by atoms with E-state index in [4.69, 9.17) is 23.7 Å². The first-order valence-electron chi connectivity index (χ1n) is 14.6. The number of hydrogen-bond acceptors (Lipinski definition) is 9. The number of hydrogen-bond donors (Lipinski definition) is 4. The highest BCUT2D eigenvalue weighted by atomic mass is 16.5. The molecule has 0 amide bonds. The lowest BCUT2D eigenvalue weighted by atomic mass is 10.2. The standard InChI is InChI=1S/C32H36N6O5/c1-3-40-21-5-9-25-29(17-21)37-31(35-25)27-11-7-23(19-33-27)42-15-13-39-14-16-43-24-8-12-28(34-20-24)32-36-26-10-6-22(41-4-2)18-30(26)38-32/h5-12,17-19,27,33-34H,3-4,13-16,20H2,1-2H3,(H,35,37)(H,36,38).